The molecule has 7 heteroatoms. The molecule has 29 heavy (non-hydrogen) atoms. The molecule has 2 amide bonds. The van der Waals surface area contributed by atoms with Crippen LogP contribution in [0.2, 0.25) is 0 Å². The van der Waals surface area contributed by atoms with Gasteiger partial charge in [-0.1, -0.05) is 42.5 Å². The summed E-state index contributed by atoms with van der Waals surface area (Å²) < 4.78 is 12.9. The summed E-state index contributed by atoms with van der Waals surface area (Å²) in [6.45, 7) is 1.45. The maximum absolute atomic E-state index is 12.9. The molecule has 0 radical (unpaired) electrons. The first-order valence-electron chi connectivity index (χ1n) is 9.63. The Morgan fingerprint density at radius 1 is 1.03 bits per heavy atom. The lowest BCUT2D eigenvalue weighted by Gasteiger charge is -2.33. The van der Waals surface area contributed by atoms with Gasteiger partial charge in [-0.25, -0.2) is 4.39 Å². The van der Waals surface area contributed by atoms with Gasteiger partial charge in [-0.15, -0.1) is 12.4 Å². The minimum absolute atomic E-state index is 0. The molecule has 1 aliphatic rings. The third kappa shape index (κ3) is 6.54. The van der Waals surface area contributed by atoms with Crippen molar-refractivity contribution in [1.29, 1.82) is 0 Å². The number of hydrogen-bond acceptors (Lipinski definition) is 3. The van der Waals surface area contributed by atoms with Crippen molar-refractivity contribution in [1.82, 2.24) is 10.2 Å². The van der Waals surface area contributed by atoms with Crippen LogP contribution in [-0.2, 0) is 22.6 Å². The Morgan fingerprint density at radius 3 is 2.28 bits per heavy atom. The summed E-state index contributed by atoms with van der Waals surface area (Å²) in [7, 11) is 0. The molecule has 1 aliphatic heterocycles. The van der Waals surface area contributed by atoms with Crippen LogP contribution in [0.1, 0.15) is 24.0 Å². The Kier molecular flexibility index (Phi) is 8.61. The van der Waals surface area contributed by atoms with E-state index in [1.54, 1.807) is 17.0 Å². The lowest BCUT2D eigenvalue weighted by atomic mass is 9.95. The molecule has 5 nitrogen and oxygen atoms in total. The number of nitrogens with two attached hydrogens (primary N) is 1. The topological polar surface area (TPSA) is 75.4 Å². The van der Waals surface area contributed by atoms with Crippen LogP contribution in [0, 0.1) is 11.7 Å². The zero-order chi connectivity index (χ0) is 19.9. The number of amides is 2. The number of carbonyl (C=O) groups is 2. The van der Waals surface area contributed by atoms with E-state index in [4.69, 9.17) is 5.73 Å². The maximum atomic E-state index is 12.9. The highest BCUT2D eigenvalue weighted by atomic mass is 35.5. The fourth-order valence-electron chi connectivity index (χ4n) is 3.49. The summed E-state index contributed by atoms with van der Waals surface area (Å²) in [6, 6.07) is 15.2. The molecule has 0 saturated carbocycles. The van der Waals surface area contributed by atoms with Crippen LogP contribution in [0.3, 0.4) is 0 Å². The van der Waals surface area contributed by atoms with Gasteiger partial charge >= 0.3 is 0 Å². The summed E-state index contributed by atoms with van der Waals surface area (Å²) in [6.07, 6.45) is 1.76. The summed E-state index contributed by atoms with van der Waals surface area (Å²) in [5, 5.41) is 2.90. The van der Waals surface area contributed by atoms with Crippen molar-refractivity contribution in [3.05, 3.63) is 71.5 Å². The van der Waals surface area contributed by atoms with Crippen molar-refractivity contribution >= 4 is 24.2 Å². The molecule has 3 rings (SSSR count). The van der Waals surface area contributed by atoms with Crippen molar-refractivity contribution in [3.63, 3.8) is 0 Å². The van der Waals surface area contributed by atoms with E-state index in [-0.39, 0.29) is 36.0 Å². The van der Waals surface area contributed by atoms with E-state index in [1.807, 2.05) is 30.3 Å². The Balaban J connectivity index is 0.00000300. The molecule has 156 valence electrons. The lowest BCUT2D eigenvalue weighted by Crippen LogP contribution is -2.49. The predicted molar refractivity (Wildman–Crippen MR) is 113 cm³/mol. The largest absolute Gasteiger partial charge is 0.352 e. The molecule has 2 aromatic rings. The smallest absolute Gasteiger partial charge is 0.239 e. The first kappa shape index (κ1) is 22.8. The average molecular weight is 420 g/mol. The number of piperidine rings is 1. The molecule has 0 bridgehead atoms. The van der Waals surface area contributed by atoms with E-state index in [9.17, 15) is 14.0 Å². The van der Waals surface area contributed by atoms with Crippen LogP contribution in [0.4, 0.5) is 4.39 Å². The molecule has 1 fully saturated rings. The molecular weight excluding hydrogens is 393 g/mol. The van der Waals surface area contributed by atoms with E-state index >= 15 is 0 Å². The highest BCUT2D eigenvalue weighted by Gasteiger charge is 2.29. The predicted octanol–water partition coefficient (Wildman–Crippen LogP) is 2.67. The second-order valence-corrected chi connectivity index (χ2v) is 7.24. The minimum Gasteiger partial charge on any atom is -0.352 e. The number of nitrogens with zero attached hydrogens (tertiary/aromatic N) is 1. The molecule has 2 aromatic carbocycles. The van der Waals surface area contributed by atoms with Gasteiger partial charge in [-0.2, -0.15) is 0 Å². The van der Waals surface area contributed by atoms with Gasteiger partial charge in [0.15, 0.2) is 0 Å². The van der Waals surface area contributed by atoms with Gasteiger partial charge in [0.2, 0.25) is 11.8 Å². The molecule has 0 aliphatic carbocycles. The molecule has 1 atom stereocenters. The van der Waals surface area contributed by atoms with Gasteiger partial charge in [0, 0.05) is 25.6 Å². The maximum Gasteiger partial charge on any atom is 0.239 e. The van der Waals surface area contributed by atoms with E-state index < -0.39 is 6.04 Å². The lowest BCUT2D eigenvalue weighted by molar-refractivity contribution is -0.136. The molecule has 3 N–H and O–H groups in total. The van der Waals surface area contributed by atoms with Crippen molar-refractivity contribution in [3.8, 4) is 0 Å². The highest BCUT2D eigenvalue weighted by Crippen LogP contribution is 2.19. The summed E-state index contributed by atoms with van der Waals surface area (Å²) >= 11 is 0. The number of hydrogen-bond donors (Lipinski definition) is 2. The number of halogens is 2. The first-order chi connectivity index (χ1) is 13.5. The third-order valence-electron chi connectivity index (χ3n) is 5.17. The Hall–Kier alpha value is -2.44. The number of rotatable bonds is 6. The van der Waals surface area contributed by atoms with Crippen LogP contribution >= 0.6 is 12.4 Å². The summed E-state index contributed by atoms with van der Waals surface area (Å²) in [4.78, 5) is 26.7. The van der Waals surface area contributed by atoms with E-state index in [0.29, 0.717) is 38.9 Å². The fraction of sp³-hybridized carbons (Fsp3) is 0.364. The number of likely N-dealkylation sites (tertiary alicyclic amines) is 1. The Labute approximate surface area is 176 Å². The van der Waals surface area contributed by atoms with Crippen LogP contribution in [0.15, 0.2) is 54.6 Å². The molecule has 0 unspecified atom stereocenters. The number of nitrogens with one attached hydrogen (secondary N) is 1. The van der Waals surface area contributed by atoms with Crippen molar-refractivity contribution in [2.24, 2.45) is 11.7 Å². The second-order valence-electron chi connectivity index (χ2n) is 7.24. The molecule has 0 spiro atoms. The van der Waals surface area contributed by atoms with Gasteiger partial charge in [0.25, 0.3) is 0 Å². The van der Waals surface area contributed by atoms with Crippen molar-refractivity contribution < 1.29 is 14.0 Å². The van der Waals surface area contributed by atoms with E-state index in [2.05, 4.69) is 5.32 Å². The summed E-state index contributed by atoms with van der Waals surface area (Å²) in [5.74, 6) is -0.494. The van der Waals surface area contributed by atoms with Crippen LogP contribution in [0.5, 0.6) is 0 Å². The van der Waals surface area contributed by atoms with Gasteiger partial charge in [-0.05, 0) is 42.5 Å². The quantitative estimate of drug-likeness (QED) is 0.755. The van der Waals surface area contributed by atoms with Crippen molar-refractivity contribution in [2.75, 3.05) is 13.1 Å². The molecular formula is C22H27ClFN3O2. The third-order valence-corrected chi connectivity index (χ3v) is 5.17. The average Bonchev–Trinajstić information content (AvgIpc) is 2.73. The van der Waals surface area contributed by atoms with Crippen molar-refractivity contribution in [2.45, 2.75) is 31.8 Å². The monoisotopic (exact) mass is 419 g/mol. The minimum atomic E-state index is -0.564. The highest BCUT2D eigenvalue weighted by molar-refractivity contribution is 5.85. The Morgan fingerprint density at radius 2 is 1.66 bits per heavy atom. The number of carbonyl (C=O) groups excluding carboxylic acids is 2. The van der Waals surface area contributed by atoms with Gasteiger partial charge in [-0.3, -0.25) is 9.59 Å². The van der Waals surface area contributed by atoms with Crippen LogP contribution < -0.4 is 11.1 Å². The standard InChI is InChI=1S/C22H26FN3O2.ClH/c23-19-8-6-17(7-9-19)15-25-21(27)18-10-12-26(13-11-18)22(28)20(24)14-16-4-2-1-3-5-16;/h1-9,18,20H,10-15,24H2,(H,25,27);1H/t20-;/m0./s1. The van der Waals surface area contributed by atoms with Gasteiger partial charge < -0.3 is 16.0 Å². The molecule has 0 aromatic heterocycles. The fourth-order valence-corrected chi connectivity index (χ4v) is 3.49. The van der Waals surface area contributed by atoms with Crippen LogP contribution in [0.25, 0.3) is 0 Å². The Bertz CT molecular complexity index is 793. The van der Waals surface area contributed by atoms with Crippen LogP contribution in [-0.4, -0.2) is 35.8 Å². The first-order valence-corrected chi connectivity index (χ1v) is 9.63. The number of benzene rings is 2. The zero-order valence-electron chi connectivity index (χ0n) is 16.2. The van der Waals surface area contributed by atoms with E-state index in [1.165, 1.54) is 12.1 Å². The summed E-state index contributed by atoms with van der Waals surface area (Å²) in [5.41, 5.74) is 8.00. The van der Waals surface area contributed by atoms with E-state index in [0.717, 1.165) is 11.1 Å². The van der Waals surface area contributed by atoms with Gasteiger partial charge in [0.1, 0.15) is 5.82 Å². The zero-order valence-corrected chi connectivity index (χ0v) is 17.0. The normalized spacial score (nSPS) is 15.3. The molecule has 1 saturated heterocycles. The van der Waals surface area contributed by atoms with Gasteiger partial charge in [0.05, 0.1) is 6.04 Å². The molecule has 1 heterocycles. The second kappa shape index (κ2) is 10.9. The SMILES string of the molecule is Cl.N[C@@H](Cc1ccccc1)C(=O)N1CCC(C(=O)NCc2ccc(F)cc2)CC1.